The van der Waals surface area contributed by atoms with E-state index in [1.807, 2.05) is 26.0 Å². The van der Waals surface area contributed by atoms with E-state index >= 15 is 0 Å². The molecule has 1 heterocycles. The van der Waals surface area contributed by atoms with Crippen LogP contribution in [0.15, 0.2) is 23.7 Å². The smallest absolute Gasteiger partial charge is 0.264 e. The van der Waals surface area contributed by atoms with Crippen molar-refractivity contribution < 1.29 is 9.53 Å². The molecule has 0 aliphatic heterocycles. The zero-order valence-corrected chi connectivity index (χ0v) is 12.1. The van der Waals surface area contributed by atoms with Gasteiger partial charge in [0.15, 0.2) is 11.7 Å². The van der Waals surface area contributed by atoms with Crippen LogP contribution in [0.5, 0.6) is 5.75 Å². The minimum Gasteiger partial charge on any atom is -0.484 e. The maximum Gasteiger partial charge on any atom is 0.264 e. The van der Waals surface area contributed by atoms with Crippen LogP contribution in [-0.4, -0.2) is 17.5 Å². The van der Waals surface area contributed by atoms with Crippen molar-refractivity contribution in [3.63, 3.8) is 0 Å². The number of hydrogen-bond acceptors (Lipinski definition) is 4. The Labute approximate surface area is 120 Å². The summed E-state index contributed by atoms with van der Waals surface area (Å²) < 4.78 is 5.44. The Morgan fingerprint density at radius 3 is 2.68 bits per heavy atom. The lowest BCUT2D eigenvalue weighted by Gasteiger charge is -2.09. The lowest BCUT2D eigenvalue weighted by molar-refractivity contribution is -0.118. The number of halogens is 1. The first-order valence-corrected chi connectivity index (χ1v) is 6.91. The lowest BCUT2D eigenvalue weighted by Crippen LogP contribution is -2.20. The van der Waals surface area contributed by atoms with Crippen molar-refractivity contribution in [3.8, 4) is 5.75 Å². The molecule has 100 valence electrons. The van der Waals surface area contributed by atoms with Crippen LogP contribution in [0.3, 0.4) is 0 Å². The standard InChI is InChI=1S/C13H13ClN2O2S/c1-8-5-10(6-9(2)12(8)14)18-7-11(17)16-13-15-3-4-19-13/h3-6H,7H2,1-2H3,(H,15,16,17). The molecule has 1 amide bonds. The fraction of sp³-hybridized carbons (Fsp3) is 0.231. The number of hydrogen-bond donors (Lipinski definition) is 1. The molecular weight excluding hydrogens is 284 g/mol. The van der Waals surface area contributed by atoms with E-state index in [0.29, 0.717) is 10.9 Å². The molecule has 0 aliphatic rings. The van der Waals surface area contributed by atoms with Crippen LogP contribution in [0.1, 0.15) is 11.1 Å². The molecule has 6 heteroatoms. The molecule has 19 heavy (non-hydrogen) atoms. The molecule has 0 unspecified atom stereocenters. The topological polar surface area (TPSA) is 51.2 Å². The van der Waals surface area contributed by atoms with Crippen LogP contribution >= 0.6 is 22.9 Å². The van der Waals surface area contributed by atoms with E-state index in [2.05, 4.69) is 10.3 Å². The Bertz CT molecular complexity index is 561. The number of anilines is 1. The second-order valence-corrected chi connectivity index (χ2v) is 5.32. The Balaban J connectivity index is 1.93. The van der Waals surface area contributed by atoms with E-state index in [4.69, 9.17) is 16.3 Å². The Morgan fingerprint density at radius 1 is 1.42 bits per heavy atom. The molecule has 4 nitrogen and oxygen atoms in total. The highest BCUT2D eigenvalue weighted by Crippen LogP contribution is 2.25. The van der Waals surface area contributed by atoms with Gasteiger partial charge < -0.3 is 4.74 Å². The number of thiazole rings is 1. The maximum atomic E-state index is 11.6. The molecule has 2 aromatic rings. The van der Waals surface area contributed by atoms with E-state index in [0.717, 1.165) is 16.1 Å². The molecule has 1 N–H and O–H groups in total. The SMILES string of the molecule is Cc1cc(OCC(=O)Nc2nccs2)cc(C)c1Cl. The summed E-state index contributed by atoms with van der Waals surface area (Å²) >= 11 is 7.43. The van der Waals surface area contributed by atoms with E-state index in [9.17, 15) is 4.79 Å². The van der Waals surface area contributed by atoms with Crippen molar-refractivity contribution in [2.45, 2.75) is 13.8 Å². The van der Waals surface area contributed by atoms with Gasteiger partial charge in [0.05, 0.1) is 0 Å². The summed E-state index contributed by atoms with van der Waals surface area (Å²) in [5.41, 5.74) is 1.86. The number of ether oxygens (including phenoxy) is 1. The summed E-state index contributed by atoms with van der Waals surface area (Å²) in [6.07, 6.45) is 1.63. The fourth-order valence-corrected chi connectivity index (χ4v) is 2.23. The summed E-state index contributed by atoms with van der Waals surface area (Å²) in [7, 11) is 0. The molecular formula is C13H13ClN2O2S. The van der Waals surface area contributed by atoms with Gasteiger partial charge in [0.25, 0.3) is 5.91 Å². The number of amides is 1. The molecule has 0 radical (unpaired) electrons. The molecule has 0 bridgehead atoms. The molecule has 2 rings (SSSR count). The van der Waals surface area contributed by atoms with Crippen LogP contribution in [-0.2, 0) is 4.79 Å². The predicted molar refractivity (Wildman–Crippen MR) is 77.2 cm³/mol. The zero-order chi connectivity index (χ0) is 13.8. The van der Waals surface area contributed by atoms with Gasteiger partial charge >= 0.3 is 0 Å². The predicted octanol–water partition coefficient (Wildman–Crippen LogP) is 3.43. The lowest BCUT2D eigenvalue weighted by atomic mass is 10.1. The average molecular weight is 297 g/mol. The first-order chi connectivity index (χ1) is 9.06. The summed E-state index contributed by atoms with van der Waals surface area (Å²) in [4.78, 5) is 15.6. The number of aromatic nitrogens is 1. The first-order valence-electron chi connectivity index (χ1n) is 5.65. The van der Waals surface area contributed by atoms with Crippen molar-refractivity contribution in [1.29, 1.82) is 0 Å². The number of benzene rings is 1. The number of aryl methyl sites for hydroxylation is 2. The largest absolute Gasteiger partial charge is 0.484 e. The number of nitrogens with zero attached hydrogens (tertiary/aromatic N) is 1. The van der Waals surface area contributed by atoms with Crippen molar-refractivity contribution in [3.05, 3.63) is 39.9 Å². The van der Waals surface area contributed by atoms with Gasteiger partial charge in [-0.05, 0) is 37.1 Å². The van der Waals surface area contributed by atoms with Crippen molar-refractivity contribution in [1.82, 2.24) is 4.98 Å². The highest BCUT2D eigenvalue weighted by molar-refractivity contribution is 7.13. The third-order valence-electron chi connectivity index (χ3n) is 2.46. The van der Waals surface area contributed by atoms with Crippen molar-refractivity contribution >= 4 is 34.0 Å². The number of nitrogens with one attached hydrogen (secondary N) is 1. The van der Waals surface area contributed by atoms with Gasteiger partial charge in [-0.25, -0.2) is 4.98 Å². The summed E-state index contributed by atoms with van der Waals surface area (Å²) in [6.45, 7) is 3.75. The molecule has 0 spiro atoms. The Kier molecular flexibility index (Phi) is 4.39. The van der Waals surface area contributed by atoms with E-state index in [1.54, 1.807) is 11.6 Å². The maximum absolute atomic E-state index is 11.6. The van der Waals surface area contributed by atoms with Crippen molar-refractivity contribution in [2.24, 2.45) is 0 Å². The number of carbonyl (C=O) groups is 1. The first kappa shape index (κ1) is 13.8. The quantitative estimate of drug-likeness (QED) is 0.940. The minimum absolute atomic E-state index is 0.0555. The normalized spacial score (nSPS) is 10.3. The van der Waals surface area contributed by atoms with Crippen LogP contribution in [0.25, 0.3) is 0 Å². The van der Waals surface area contributed by atoms with Crippen molar-refractivity contribution in [2.75, 3.05) is 11.9 Å². The Morgan fingerprint density at radius 2 is 2.11 bits per heavy atom. The fourth-order valence-electron chi connectivity index (χ4n) is 1.58. The van der Waals surface area contributed by atoms with E-state index < -0.39 is 0 Å². The van der Waals surface area contributed by atoms with Crippen LogP contribution in [0.4, 0.5) is 5.13 Å². The number of carbonyl (C=O) groups excluding carboxylic acids is 1. The molecule has 0 fully saturated rings. The molecule has 0 saturated carbocycles. The molecule has 0 atom stereocenters. The third kappa shape index (κ3) is 3.68. The minimum atomic E-state index is -0.236. The average Bonchev–Trinajstić information content (AvgIpc) is 2.86. The Hall–Kier alpha value is -1.59. The molecule has 1 aromatic carbocycles. The van der Waals surface area contributed by atoms with Gasteiger partial charge in [-0.2, -0.15) is 0 Å². The van der Waals surface area contributed by atoms with Gasteiger partial charge in [-0.3, -0.25) is 10.1 Å². The van der Waals surface area contributed by atoms with Gasteiger partial charge in [-0.15, -0.1) is 11.3 Å². The van der Waals surface area contributed by atoms with E-state index in [1.165, 1.54) is 11.3 Å². The highest BCUT2D eigenvalue weighted by Gasteiger charge is 2.07. The monoisotopic (exact) mass is 296 g/mol. The second-order valence-electron chi connectivity index (χ2n) is 4.05. The van der Waals surface area contributed by atoms with Gasteiger partial charge in [-0.1, -0.05) is 11.6 Å². The molecule has 0 aliphatic carbocycles. The summed E-state index contributed by atoms with van der Waals surface area (Å²) in [5, 5.41) is 5.73. The van der Waals surface area contributed by atoms with Gasteiger partial charge in [0.2, 0.25) is 0 Å². The molecule has 0 saturated heterocycles. The zero-order valence-electron chi connectivity index (χ0n) is 10.6. The van der Waals surface area contributed by atoms with Crippen LogP contribution in [0.2, 0.25) is 5.02 Å². The van der Waals surface area contributed by atoms with Crippen LogP contribution < -0.4 is 10.1 Å². The van der Waals surface area contributed by atoms with Crippen LogP contribution in [0, 0.1) is 13.8 Å². The summed E-state index contributed by atoms with van der Waals surface area (Å²) in [6, 6.07) is 3.62. The third-order valence-corrected chi connectivity index (χ3v) is 3.74. The highest BCUT2D eigenvalue weighted by atomic mass is 35.5. The van der Waals surface area contributed by atoms with E-state index in [-0.39, 0.29) is 12.5 Å². The van der Waals surface area contributed by atoms with Gasteiger partial charge in [0, 0.05) is 16.6 Å². The molecule has 1 aromatic heterocycles. The number of rotatable bonds is 4. The second kappa shape index (κ2) is 6.04. The van der Waals surface area contributed by atoms with Gasteiger partial charge in [0.1, 0.15) is 5.75 Å². The summed E-state index contributed by atoms with van der Waals surface area (Å²) in [5.74, 6) is 0.397.